The number of benzene rings is 1. The van der Waals surface area contributed by atoms with Crippen LogP contribution < -0.4 is 5.32 Å². The summed E-state index contributed by atoms with van der Waals surface area (Å²) in [6.45, 7) is 5.40. The Bertz CT molecular complexity index is 817. The van der Waals surface area contributed by atoms with Crippen LogP contribution in [-0.2, 0) is 16.1 Å². The molecule has 2 unspecified atom stereocenters. The number of nitrogens with one attached hydrogen (secondary N) is 1. The summed E-state index contributed by atoms with van der Waals surface area (Å²) in [5.74, 6) is -0.451. The molecule has 0 spiro atoms. The van der Waals surface area contributed by atoms with E-state index in [-0.39, 0.29) is 30.0 Å². The predicted molar refractivity (Wildman–Crippen MR) is 116 cm³/mol. The Balaban J connectivity index is 1.35. The van der Waals surface area contributed by atoms with Gasteiger partial charge in [-0.25, -0.2) is 8.78 Å². The number of amides is 2. The van der Waals surface area contributed by atoms with Gasteiger partial charge in [-0.1, -0.05) is 12.8 Å². The van der Waals surface area contributed by atoms with Crippen LogP contribution in [0.4, 0.5) is 14.5 Å². The molecule has 2 aliphatic carbocycles. The minimum absolute atomic E-state index is 0.204. The Kier molecular flexibility index (Phi) is 6.89. The molecule has 31 heavy (non-hydrogen) atoms. The molecule has 1 saturated heterocycles. The maximum atomic E-state index is 14.3. The van der Waals surface area contributed by atoms with Crippen molar-refractivity contribution in [2.75, 3.05) is 31.5 Å². The molecule has 1 aromatic carbocycles. The van der Waals surface area contributed by atoms with Gasteiger partial charge in [0.2, 0.25) is 11.8 Å². The zero-order valence-electron chi connectivity index (χ0n) is 18.3. The minimum Gasteiger partial charge on any atom is -0.340 e. The van der Waals surface area contributed by atoms with E-state index in [0.29, 0.717) is 44.1 Å². The van der Waals surface area contributed by atoms with E-state index in [1.54, 1.807) is 0 Å². The number of anilines is 1. The maximum Gasteiger partial charge on any atom is 0.227 e. The molecule has 3 aliphatic rings. The lowest BCUT2D eigenvalue weighted by atomic mass is 10.0. The molecule has 0 bridgehead atoms. The van der Waals surface area contributed by atoms with Crippen molar-refractivity contribution in [3.8, 4) is 0 Å². The second-order valence-corrected chi connectivity index (χ2v) is 9.42. The van der Waals surface area contributed by atoms with Gasteiger partial charge >= 0.3 is 0 Å². The van der Waals surface area contributed by atoms with E-state index in [1.807, 2.05) is 11.8 Å². The number of carbonyl (C=O) groups is 2. The van der Waals surface area contributed by atoms with Gasteiger partial charge in [0.15, 0.2) is 0 Å². The van der Waals surface area contributed by atoms with Crippen molar-refractivity contribution in [1.82, 2.24) is 9.80 Å². The summed E-state index contributed by atoms with van der Waals surface area (Å²) in [5.41, 5.74) is 2.15. The second-order valence-electron chi connectivity index (χ2n) is 9.42. The van der Waals surface area contributed by atoms with Crippen molar-refractivity contribution < 1.29 is 18.4 Å². The van der Waals surface area contributed by atoms with Gasteiger partial charge in [0.05, 0.1) is 0 Å². The van der Waals surface area contributed by atoms with Crippen molar-refractivity contribution in [3.05, 3.63) is 29.1 Å². The molecule has 1 aromatic rings. The first-order valence-corrected chi connectivity index (χ1v) is 11.7. The van der Waals surface area contributed by atoms with Crippen LogP contribution in [0.5, 0.6) is 0 Å². The van der Waals surface area contributed by atoms with Crippen molar-refractivity contribution in [3.63, 3.8) is 0 Å². The Hall–Kier alpha value is -2.02. The van der Waals surface area contributed by atoms with E-state index < -0.39 is 6.17 Å². The molecular formula is C24H33F2N3O2. The first-order valence-electron chi connectivity index (χ1n) is 11.7. The first-order chi connectivity index (χ1) is 14.9. The Morgan fingerprint density at radius 3 is 2.39 bits per heavy atom. The number of nitrogens with zero attached hydrogens (tertiary/aromatic N) is 2. The zero-order chi connectivity index (χ0) is 22.0. The van der Waals surface area contributed by atoms with Crippen LogP contribution in [0.2, 0.25) is 0 Å². The third kappa shape index (κ3) is 5.25. The Morgan fingerprint density at radius 2 is 1.74 bits per heavy atom. The average molecular weight is 434 g/mol. The molecule has 1 aliphatic heterocycles. The maximum absolute atomic E-state index is 14.3. The van der Waals surface area contributed by atoms with Gasteiger partial charge in [-0.2, -0.15) is 0 Å². The van der Waals surface area contributed by atoms with Gasteiger partial charge in [-0.05, 0) is 62.3 Å². The van der Waals surface area contributed by atoms with Crippen LogP contribution in [0.25, 0.3) is 0 Å². The summed E-state index contributed by atoms with van der Waals surface area (Å²) in [6.07, 6.45) is 4.63. The predicted octanol–water partition coefficient (Wildman–Crippen LogP) is 4.05. The third-order valence-electron chi connectivity index (χ3n) is 7.26. The highest BCUT2D eigenvalue weighted by Gasteiger charge is 2.31. The van der Waals surface area contributed by atoms with Crippen LogP contribution in [-0.4, -0.2) is 54.0 Å². The van der Waals surface area contributed by atoms with Gasteiger partial charge in [0, 0.05) is 50.2 Å². The number of hydrogen-bond donors (Lipinski definition) is 1. The normalized spacial score (nSPS) is 25.2. The lowest BCUT2D eigenvalue weighted by molar-refractivity contribution is -0.137. The van der Waals surface area contributed by atoms with Crippen molar-refractivity contribution in [1.29, 1.82) is 0 Å². The number of carbonyl (C=O) groups excluding carboxylic acids is 2. The fourth-order valence-corrected chi connectivity index (χ4v) is 5.23. The molecule has 7 heteroatoms. The molecule has 1 heterocycles. The number of rotatable bonds is 5. The molecule has 0 radical (unpaired) electrons. The van der Waals surface area contributed by atoms with E-state index in [1.165, 1.54) is 12.1 Å². The van der Waals surface area contributed by atoms with Gasteiger partial charge < -0.3 is 10.2 Å². The molecule has 5 nitrogen and oxygen atoms in total. The largest absolute Gasteiger partial charge is 0.340 e. The molecular weight excluding hydrogens is 400 g/mol. The number of piperazine rings is 1. The van der Waals surface area contributed by atoms with Crippen LogP contribution in [0.1, 0.15) is 56.1 Å². The summed E-state index contributed by atoms with van der Waals surface area (Å²) >= 11 is 0. The second kappa shape index (κ2) is 9.63. The van der Waals surface area contributed by atoms with E-state index in [9.17, 15) is 18.4 Å². The van der Waals surface area contributed by atoms with E-state index in [0.717, 1.165) is 49.9 Å². The van der Waals surface area contributed by atoms with Crippen LogP contribution in [0.15, 0.2) is 12.1 Å². The minimum atomic E-state index is -0.917. The summed E-state index contributed by atoms with van der Waals surface area (Å²) < 4.78 is 27.7. The number of alkyl halides is 1. The van der Waals surface area contributed by atoms with Crippen molar-refractivity contribution in [2.24, 2.45) is 11.8 Å². The van der Waals surface area contributed by atoms with E-state index >= 15 is 0 Å². The molecule has 3 fully saturated rings. The molecule has 2 amide bonds. The molecule has 2 saturated carbocycles. The van der Waals surface area contributed by atoms with Gasteiger partial charge in [0.1, 0.15) is 12.0 Å². The van der Waals surface area contributed by atoms with Crippen LogP contribution >= 0.6 is 0 Å². The third-order valence-corrected chi connectivity index (χ3v) is 7.26. The summed E-state index contributed by atoms with van der Waals surface area (Å²) in [4.78, 5) is 29.3. The van der Waals surface area contributed by atoms with Crippen LogP contribution in [0, 0.1) is 24.6 Å². The average Bonchev–Trinajstić information content (AvgIpc) is 3.43. The molecule has 0 aromatic heterocycles. The fraction of sp³-hybridized carbons (Fsp3) is 0.667. The fourth-order valence-electron chi connectivity index (χ4n) is 5.23. The lowest BCUT2D eigenvalue weighted by Crippen LogP contribution is -2.49. The summed E-state index contributed by atoms with van der Waals surface area (Å²) in [7, 11) is 0. The van der Waals surface area contributed by atoms with E-state index in [2.05, 4.69) is 10.2 Å². The Morgan fingerprint density at radius 1 is 1.03 bits per heavy atom. The SMILES string of the molecule is Cc1c(CN2CCN(C(=O)C3CCCC3)CC2)cc(F)cc1NC(=O)C1CCC(F)C1. The van der Waals surface area contributed by atoms with Crippen LogP contribution in [0.3, 0.4) is 0 Å². The van der Waals surface area contributed by atoms with Gasteiger partial charge in [-0.15, -0.1) is 0 Å². The van der Waals surface area contributed by atoms with Gasteiger partial charge in [-0.3, -0.25) is 14.5 Å². The quantitative estimate of drug-likeness (QED) is 0.762. The standard InChI is InChI=1S/C24H33F2N3O2/c1-16-19(13-21(26)14-22(16)27-23(30)18-6-7-20(25)12-18)15-28-8-10-29(11-9-28)24(31)17-4-2-3-5-17/h13-14,17-18,20H,2-12,15H2,1H3,(H,27,30). The highest BCUT2D eigenvalue weighted by molar-refractivity contribution is 5.93. The lowest BCUT2D eigenvalue weighted by Gasteiger charge is -2.36. The first kappa shape index (κ1) is 22.2. The highest BCUT2D eigenvalue weighted by atomic mass is 19.1. The van der Waals surface area contributed by atoms with E-state index in [4.69, 9.17) is 0 Å². The molecule has 1 N–H and O–H groups in total. The monoisotopic (exact) mass is 433 g/mol. The van der Waals surface area contributed by atoms with Gasteiger partial charge in [0.25, 0.3) is 0 Å². The summed E-state index contributed by atoms with van der Waals surface area (Å²) in [5, 5.41) is 2.83. The highest BCUT2D eigenvalue weighted by Crippen LogP contribution is 2.31. The zero-order valence-corrected chi connectivity index (χ0v) is 18.3. The topological polar surface area (TPSA) is 52.6 Å². The molecule has 170 valence electrons. The molecule has 4 rings (SSSR count). The number of halogens is 2. The number of hydrogen-bond acceptors (Lipinski definition) is 3. The van der Waals surface area contributed by atoms with Crippen molar-refractivity contribution in [2.45, 2.75) is 64.6 Å². The smallest absolute Gasteiger partial charge is 0.227 e. The summed E-state index contributed by atoms with van der Waals surface area (Å²) in [6, 6.07) is 2.87. The van der Waals surface area contributed by atoms with Crippen molar-refractivity contribution >= 4 is 17.5 Å². The Labute approximate surface area is 183 Å². The molecule has 2 atom stereocenters.